The third-order valence-corrected chi connectivity index (χ3v) is 5.12. The number of amides is 1. The Kier molecular flexibility index (Phi) is 12.8. The van der Waals surface area contributed by atoms with Crippen LogP contribution in [-0.2, 0) is 4.74 Å². The molecule has 0 aromatic carbocycles. The molecule has 1 atom stereocenters. The summed E-state index contributed by atoms with van der Waals surface area (Å²) in [5.74, 6) is 1.35. The summed E-state index contributed by atoms with van der Waals surface area (Å²) < 4.78 is 5.00. The maximum atomic E-state index is 11.7. The van der Waals surface area contributed by atoms with E-state index in [0.717, 1.165) is 25.5 Å². The summed E-state index contributed by atoms with van der Waals surface area (Å²) in [5.41, 5.74) is 0. The highest BCUT2D eigenvalue weighted by Gasteiger charge is 2.32. The van der Waals surface area contributed by atoms with Crippen LogP contribution in [0.15, 0.2) is 4.99 Å². The summed E-state index contributed by atoms with van der Waals surface area (Å²) in [4.78, 5) is 18.5. The van der Waals surface area contributed by atoms with Gasteiger partial charge in [0.15, 0.2) is 5.96 Å². The lowest BCUT2D eigenvalue weighted by Crippen LogP contribution is -2.48. The molecule has 7 nitrogen and oxygen atoms in total. The van der Waals surface area contributed by atoms with Crippen LogP contribution in [0.5, 0.6) is 0 Å². The van der Waals surface area contributed by atoms with E-state index in [1.165, 1.54) is 51.6 Å². The number of ether oxygens (including phenoxy) is 1. The van der Waals surface area contributed by atoms with Gasteiger partial charge < -0.3 is 25.6 Å². The summed E-state index contributed by atoms with van der Waals surface area (Å²) in [6.07, 6.45) is 8.57. The first-order valence-corrected chi connectivity index (χ1v) is 10.3. The highest BCUT2D eigenvalue weighted by atomic mass is 127. The van der Waals surface area contributed by atoms with Crippen LogP contribution < -0.4 is 16.0 Å². The van der Waals surface area contributed by atoms with Gasteiger partial charge in [-0.15, -0.1) is 24.0 Å². The second-order valence-electron chi connectivity index (χ2n) is 7.30. The SMILES string of the molecule is CCOC(=O)NC(CNC(=NC)NCCCN1CCCCCC1)C1CC1.I. The van der Waals surface area contributed by atoms with E-state index in [-0.39, 0.29) is 36.1 Å². The molecule has 27 heavy (non-hydrogen) atoms. The second kappa shape index (κ2) is 14.3. The highest BCUT2D eigenvalue weighted by Crippen LogP contribution is 2.32. The van der Waals surface area contributed by atoms with Crippen molar-refractivity contribution in [1.29, 1.82) is 0 Å². The molecule has 1 aliphatic heterocycles. The first-order chi connectivity index (χ1) is 12.7. The van der Waals surface area contributed by atoms with Crippen molar-refractivity contribution in [2.45, 2.75) is 57.9 Å². The topological polar surface area (TPSA) is 78.0 Å². The fraction of sp³-hybridized carbons (Fsp3) is 0.895. The predicted molar refractivity (Wildman–Crippen MR) is 121 cm³/mol. The molecule has 2 rings (SSSR count). The van der Waals surface area contributed by atoms with Gasteiger partial charge in [0.25, 0.3) is 0 Å². The molecule has 0 aromatic rings. The van der Waals surface area contributed by atoms with Crippen LogP contribution in [0, 0.1) is 5.92 Å². The van der Waals surface area contributed by atoms with E-state index in [9.17, 15) is 4.79 Å². The van der Waals surface area contributed by atoms with Crippen molar-refractivity contribution in [3.8, 4) is 0 Å². The van der Waals surface area contributed by atoms with Crippen LogP contribution in [0.25, 0.3) is 0 Å². The summed E-state index contributed by atoms with van der Waals surface area (Å²) in [5, 5.41) is 9.69. The van der Waals surface area contributed by atoms with Crippen LogP contribution in [-0.4, -0.2) is 69.4 Å². The number of hydrogen-bond donors (Lipinski definition) is 3. The third kappa shape index (κ3) is 10.4. The van der Waals surface area contributed by atoms with E-state index in [2.05, 4.69) is 25.8 Å². The minimum atomic E-state index is -0.327. The van der Waals surface area contributed by atoms with E-state index in [1.807, 2.05) is 6.92 Å². The van der Waals surface area contributed by atoms with Crippen molar-refractivity contribution >= 4 is 36.0 Å². The van der Waals surface area contributed by atoms with E-state index in [0.29, 0.717) is 19.1 Å². The largest absolute Gasteiger partial charge is 0.450 e. The lowest BCUT2D eigenvalue weighted by molar-refractivity contribution is 0.146. The molecular weight excluding hydrogens is 457 g/mol. The minimum Gasteiger partial charge on any atom is -0.450 e. The zero-order chi connectivity index (χ0) is 18.6. The molecule has 158 valence electrons. The van der Waals surface area contributed by atoms with Crippen molar-refractivity contribution < 1.29 is 9.53 Å². The molecule has 0 radical (unpaired) electrons. The molecule has 1 unspecified atom stereocenters. The van der Waals surface area contributed by atoms with Crippen molar-refractivity contribution in [1.82, 2.24) is 20.9 Å². The van der Waals surface area contributed by atoms with Gasteiger partial charge >= 0.3 is 6.09 Å². The Morgan fingerprint density at radius 3 is 2.48 bits per heavy atom. The van der Waals surface area contributed by atoms with E-state index in [4.69, 9.17) is 4.74 Å². The number of nitrogens with zero attached hydrogens (tertiary/aromatic N) is 2. The smallest absolute Gasteiger partial charge is 0.407 e. The van der Waals surface area contributed by atoms with Gasteiger partial charge in [-0.05, 0) is 64.6 Å². The maximum Gasteiger partial charge on any atom is 0.407 e. The van der Waals surface area contributed by atoms with E-state index < -0.39 is 0 Å². The van der Waals surface area contributed by atoms with Gasteiger partial charge in [0.1, 0.15) is 0 Å². The standard InChI is InChI=1S/C19H37N5O2.HI/c1-3-26-19(25)23-17(16-9-10-16)15-22-18(20-2)21-11-8-14-24-12-6-4-5-7-13-24;/h16-17H,3-15H2,1-2H3,(H,23,25)(H2,20,21,22);1H. The zero-order valence-electron chi connectivity index (χ0n) is 17.0. The first-order valence-electron chi connectivity index (χ1n) is 10.3. The Balaban J connectivity index is 0.00000364. The Hall–Kier alpha value is -0.770. The van der Waals surface area contributed by atoms with Crippen LogP contribution in [0.2, 0.25) is 0 Å². The Labute approximate surface area is 181 Å². The lowest BCUT2D eigenvalue weighted by atomic mass is 10.2. The monoisotopic (exact) mass is 495 g/mol. The van der Waals surface area contributed by atoms with Crippen LogP contribution >= 0.6 is 24.0 Å². The summed E-state index contributed by atoms with van der Waals surface area (Å²) in [6, 6.07) is 0.102. The first kappa shape index (κ1) is 24.3. The number of carbonyl (C=O) groups excluding carboxylic acids is 1. The Morgan fingerprint density at radius 2 is 1.89 bits per heavy atom. The number of halogens is 1. The highest BCUT2D eigenvalue weighted by molar-refractivity contribution is 14.0. The summed E-state index contributed by atoms with van der Waals surface area (Å²) in [7, 11) is 1.79. The zero-order valence-corrected chi connectivity index (χ0v) is 19.3. The number of nitrogens with one attached hydrogen (secondary N) is 3. The average molecular weight is 495 g/mol. The maximum absolute atomic E-state index is 11.7. The van der Waals surface area contributed by atoms with Crippen LogP contribution in [0.4, 0.5) is 4.79 Å². The van der Waals surface area contributed by atoms with Crippen LogP contribution in [0.3, 0.4) is 0 Å². The molecule has 1 heterocycles. The molecule has 8 heteroatoms. The molecule has 0 aromatic heterocycles. The van der Waals surface area contributed by atoms with Crippen molar-refractivity contribution in [2.24, 2.45) is 10.9 Å². The van der Waals surface area contributed by atoms with Gasteiger partial charge in [0.05, 0.1) is 12.6 Å². The number of rotatable bonds is 9. The quantitative estimate of drug-likeness (QED) is 0.198. The second-order valence-corrected chi connectivity index (χ2v) is 7.30. The molecule has 1 aliphatic carbocycles. The van der Waals surface area contributed by atoms with E-state index >= 15 is 0 Å². The van der Waals surface area contributed by atoms with Crippen molar-refractivity contribution in [2.75, 3.05) is 46.4 Å². The molecule has 0 spiro atoms. The lowest BCUT2D eigenvalue weighted by Gasteiger charge is -2.21. The average Bonchev–Trinajstić information content (AvgIpc) is 3.47. The molecule has 3 N–H and O–H groups in total. The molecule has 2 aliphatic rings. The molecule has 1 saturated heterocycles. The molecular formula is C19H38IN5O2. The number of carbonyl (C=O) groups is 1. The number of guanidine groups is 1. The summed E-state index contributed by atoms with van der Waals surface area (Å²) in [6.45, 7) is 7.45. The fourth-order valence-electron chi connectivity index (χ4n) is 3.45. The van der Waals surface area contributed by atoms with E-state index in [1.54, 1.807) is 7.05 Å². The van der Waals surface area contributed by atoms with Gasteiger partial charge in [0.2, 0.25) is 0 Å². The van der Waals surface area contributed by atoms with Gasteiger partial charge in [-0.1, -0.05) is 12.8 Å². The number of hydrogen-bond acceptors (Lipinski definition) is 4. The molecule has 1 saturated carbocycles. The van der Waals surface area contributed by atoms with Crippen LogP contribution in [0.1, 0.15) is 51.9 Å². The fourth-order valence-corrected chi connectivity index (χ4v) is 3.45. The number of aliphatic imine (C=N–C) groups is 1. The molecule has 0 bridgehead atoms. The van der Waals surface area contributed by atoms with Gasteiger partial charge in [0, 0.05) is 20.1 Å². The normalized spacial score (nSPS) is 19.4. The van der Waals surface area contributed by atoms with Crippen molar-refractivity contribution in [3.05, 3.63) is 0 Å². The van der Waals surface area contributed by atoms with Gasteiger partial charge in [-0.2, -0.15) is 0 Å². The summed E-state index contributed by atoms with van der Waals surface area (Å²) >= 11 is 0. The van der Waals surface area contributed by atoms with Crippen molar-refractivity contribution in [3.63, 3.8) is 0 Å². The molecule has 2 fully saturated rings. The van der Waals surface area contributed by atoms with Gasteiger partial charge in [-0.3, -0.25) is 4.99 Å². The Bertz CT molecular complexity index is 438. The minimum absolute atomic E-state index is 0. The Morgan fingerprint density at radius 1 is 1.19 bits per heavy atom. The van der Waals surface area contributed by atoms with Gasteiger partial charge in [-0.25, -0.2) is 4.79 Å². The third-order valence-electron chi connectivity index (χ3n) is 5.12. The number of likely N-dealkylation sites (tertiary alicyclic amines) is 1. The predicted octanol–water partition coefficient (Wildman–Crippen LogP) is 2.56. The molecule has 1 amide bonds. The number of alkyl carbamates (subject to hydrolysis) is 1.